The molecule has 0 amide bonds. The van der Waals surface area contributed by atoms with Gasteiger partial charge in [0.05, 0.1) is 0 Å². The van der Waals surface area contributed by atoms with Crippen molar-refractivity contribution in [3.8, 4) is 12.3 Å². The summed E-state index contributed by atoms with van der Waals surface area (Å²) in [6, 6.07) is 4.22. The highest BCUT2D eigenvalue weighted by Crippen LogP contribution is 2.24. The van der Waals surface area contributed by atoms with Gasteiger partial charge in [-0.3, -0.25) is 0 Å². The summed E-state index contributed by atoms with van der Waals surface area (Å²) in [6.07, 6.45) is 6.53. The minimum Gasteiger partial charge on any atom is -0.333 e. The monoisotopic (exact) mass is 175 g/mol. The van der Waals surface area contributed by atoms with E-state index in [9.17, 15) is 0 Å². The van der Waals surface area contributed by atoms with Crippen LogP contribution in [-0.2, 0) is 5.54 Å². The second-order valence-corrected chi connectivity index (χ2v) is 3.72. The minimum atomic E-state index is -0.169. The van der Waals surface area contributed by atoms with Crippen LogP contribution in [0.1, 0.15) is 31.7 Å². The highest BCUT2D eigenvalue weighted by atomic mass is 15.1. The molecular formula is C12H17N. The molecule has 1 atom stereocenters. The molecule has 1 nitrogen and oxygen atoms in total. The third-order valence-electron chi connectivity index (χ3n) is 2.76. The molecule has 0 radical (unpaired) electrons. The van der Waals surface area contributed by atoms with Crippen LogP contribution in [0.15, 0.2) is 12.1 Å². The summed E-state index contributed by atoms with van der Waals surface area (Å²) in [6.45, 7) is 8.42. The van der Waals surface area contributed by atoms with Crippen LogP contribution < -0.4 is 0 Å². The van der Waals surface area contributed by atoms with E-state index in [-0.39, 0.29) is 5.54 Å². The predicted octanol–water partition coefficient (Wildman–Crippen LogP) is 2.86. The van der Waals surface area contributed by atoms with Crippen molar-refractivity contribution in [2.75, 3.05) is 0 Å². The van der Waals surface area contributed by atoms with Crippen molar-refractivity contribution in [1.82, 2.24) is 4.57 Å². The smallest absolute Gasteiger partial charge is 0.102 e. The van der Waals surface area contributed by atoms with E-state index < -0.39 is 0 Å². The van der Waals surface area contributed by atoms with Crippen LogP contribution in [0.4, 0.5) is 0 Å². The number of nitrogens with zero attached hydrogens (tertiary/aromatic N) is 1. The van der Waals surface area contributed by atoms with E-state index in [1.165, 1.54) is 11.4 Å². The Morgan fingerprint density at radius 2 is 1.85 bits per heavy atom. The van der Waals surface area contributed by atoms with Gasteiger partial charge < -0.3 is 4.57 Å². The summed E-state index contributed by atoms with van der Waals surface area (Å²) >= 11 is 0. The first kappa shape index (κ1) is 9.92. The SMILES string of the molecule is C#CC(C)(CC)n1c(C)ccc1C. The fourth-order valence-corrected chi connectivity index (χ4v) is 1.77. The largest absolute Gasteiger partial charge is 0.333 e. The Morgan fingerprint density at radius 1 is 1.38 bits per heavy atom. The van der Waals surface area contributed by atoms with Gasteiger partial charge in [0.25, 0.3) is 0 Å². The van der Waals surface area contributed by atoms with Crippen molar-refractivity contribution in [3.05, 3.63) is 23.5 Å². The van der Waals surface area contributed by atoms with Crippen LogP contribution in [0.25, 0.3) is 0 Å². The van der Waals surface area contributed by atoms with Gasteiger partial charge >= 0.3 is 0 Å². The Kier molecular flexibility index (Phi) is 2.52. The first-order chi connectivity index (χ1) is 6.05. The third kappa shape index (κ3) is 1.49. The molecule has 1 heteroatoms. The molecule has 0 aliphatic heterocycles. The third-order valence-corrected chi connectivity index (χ3v) is 2.76. The van der Waals surface area contributed by atoms with Gasteiger partial charge in [0.1, 0.15) is 5.54 Å². The molecule has 0 bridgehead atoms. The second-order valence-electron chi connectivity index (χ2n) is 3.72. The van der Waals surface area contributed by atoms with E-state index in [1.807, 2.05) is 0 Å². The Labute approximate surface area is 80.8 Å². The lowest BCUT2D eigenvalue weighted by molar-refractivity contribution is 0.400. The maximum atomic E-state index is 5.58. The van der Waals surface area contributed by atoms with Gasteiger partial charge in [0.15, 0.2) is 0 Å². The topological polar surface area (TPSA) is 4.93 Å². The van der Waals surface area contributed by atoms with Crippen LogP contribution in [0.2, 0.25) is 0 Å². The summed E-state index contributed by atoms with van der Waals surface area (Å²) < 4.78 is 2.23. The number of hydrogen-bond donors (Lipinski definition) is 0. The van der Waals surface area contributed by atoms with Crippen molar-refractivity contribution < 1.29 is 0 Å². The Bertz CT molecular complexity index is 321. The zero-order valence-corrected chi connectivity index (χ0v) is 8.89. The quantitative estimate of drug-likeness (QED) is 0.609. The molecule has 0 fully saturated rings. The van der Waals surface area contributed by atoms with E-state index >= 15 is 0 Å². The fraction of sp³-hybridized carbons (Fsp3) is 0.500. The zero-order chi connectivity index (χ0) is 10.1. The summed E-state index contributed by atoms with van der Waals surface area (Å²) in [5.74, 6) is 2.88. The minimum absolute atomic E-state index is 0.169. The molecule has 0 aliphatic rings. The number of hydrogen-bond acceptors (Lipinski definition) is 0. The van der Waals surface area contributed by atoms with Gasteiger partial charge in [0.2, 0.25) is 0 Å². The van der Waals surface area contributed by atoms with E-state index in [4.69, 9.17) is 6.42 Å². The maximum absolute atomic E-state index is 5.58. The van der Waals surface area contributed by atoms with Gasteiger partial charge in [-0.25, -0.2) is 0 Å². The molecule has 70 valence electrons. The van der Waals surface area contributed by atoms with E-state index in [1.54, 1.807) is 0 Å². The van der Waals surface area contributed by atoms with E-state index in [0.717, 1.165) is 6.42 Å². The lowest BCUT2D eigenvalue weighted by Crippen LogP contribution is -2.29. The summed E-state index contributed by atoms with van der Waals surface area (Å²) in [5, 5.41) is 0. The number of rotatable bonds is 2. The summed E-state index contributed by atoms with van der Waals surface area (Å²) in [5.41, 5.74) is 2.30. The van der Waals surface area contributed by atoms with Gasteiger partial charge in [0, 0.05) is 11.4 Å². The van der Waals surface area contributed by atoms with Crippen LogP contribution in [0.5, 0.6) is 0 Å². The first-order valence-electron chi connectivity index (χ1n) is 4.68. The van der Waals surface area contributed by atoms with Gasteiger partial charge in [-0.1, -0.05) is 12.8 Å². The molecule has 1 rings (SSSR count). The molecule has 0 N–H and O–H groups in total. The molecule has 1 heterocycles. The maximum Gasteiger partial charge on any atom is 0.102 e. The van der Waals surface area contributed by atoms with Crippen LogP contribution in [0.3, 0.4) is 0 Å². The fourth-order valence-electron chi connectivity index (χ4n) is 1.77. The highest BCUT2D eigenvalue weighted by Gasteiger charge is 2.23. The zero-order valence-electron chi connectivity index (χ0n) is 8.89. The van der Waals surface area contributed by atoms with Crippen molar-refractivity contribution in [3.63, 3.8) is 0 Å². The number of aromatic nitrogens is 1. The Balaban J connectivity index is 3.28. The molecular weight excluding hydrogens is 158 g/mol. The highest BCUT2D eigenvalue weighted by molar-refractivity contribution is 5.22. The molecule has 1 aromatic heterocycles. The molecule has 0 saturated heterocycles. The van der Waals surface area contributed by atoms with Crippen molar-refractivity contribution in [1.29, 1.82) is 0 Å². The number of aryl methyl sites for hydroxylation is 2. The standard InChI is InChI=1S/C12H17N/c1-6-12(5,7-2)13-10(3)8-9-11(13)4/h1,8-9H,7H2,2-5H3. The molecule has 13 heavy (non-hydrogen) atoms. The van der Waals surface area contributed by atoms with Gasteiger partial charge in [-0.15, -0.1) is 6.42 Å². The molecule has 1 aromatic rings. The molecule has 0 aromatic carbocycles. The molecule has 0 spiro atoms. The molecule has 0 aliphatic carbocycles. The summed E-state index contributed by atoms with van der Waals surface area (Å²) in [7, 11) is 0. The van der Waals surface area contributed by atoms with Crippen LogP contribution in [-0.4, -0.2) is 4.57 Å². The number of terminal acetylenes is 1. The normalized spacial score (nSPS) is 15.0. The van der Waals surface area contributed by atoms with Crippen LogP contribution in [0, 0.1) is 26.2 Å². The van der Waals surface area contributed by atoms with E-state index in [2.05, 4.69) is 50.3 Å². The summed E-state index contributed by atoms with van der Waals surface area (Å²) in [4.78, 5) is 0. The average molecular weight is 175 g/mol. The van der Waals surface area contributed by atoms with Crippen LogP contribution >= 0.6 is 0 Å². The average Bonchev–Trinajstić information content (AvgIpc) is 2.46. The van der Waals surface area contributed by atoms with Crippen molar-refractivity contribution in [2.45, 2.75) is 39.7 Å². The van der Waals surface area contributed by atoms with Gasteiger partial charge in [-0.2, -0.15) is 0 Å². The predicted molar refractivity (Wildman–Crippen MR) is 56.7 cm³/mol. The lowest BCUT2D eigenvalue weighted by Gasteiger charge is -2.27. The molecule has 0 saturated carbocycles. The Morgan fingerprint density at radius 3 is 2.15 bits per heavy atom. The molecule has 1 unspecified atom stereocenters. The van der Waals surface area contributed by atoms with E-state index in [0.29, 0.717) is 0 Å². The Hall–Kier alpha value is -1.16. The van der Waals surface area contributed by atoms with Crippen molar-refractivity contribution in [2.24, 2.45) is 0 Å². The second kappa shape index (κ2) is 3.30. The first-order valence-corrected chi connectivity index (χ1v) is 4.68. The van der Waals surface area contributed by atoms with Gasteiger partial charge in [-0.05, 0) is 39.3 Å². The van der Waals surface area contributed by atoms with Crippen molar-refractivity contribution >= 4 is 0 Å². The lowest BCUT2D eigenvalue weighted by atomic mass is 9.99.